The van der Waals surface area contributed by atoms with E-state index in [-0.39, 0.29) is 5.82 Å². The molecule has 0 aliphatic carbocycles. The maximum absolute atomic E-state index is 13.1. The minimum absolute atomic E-state index is 0.108. The molecule has 0 saturated carbocycles. The number of hydrogen-bond acceptors (Lipinski definition) is 7. The second-order valence-electron chi connectivity index (χ2n) is 10.7. The molecule has 2 rings (SSSR count). The molecule has 0 N–H and O–H groups in total. The van der Waals surface area contributed by atoms with E-state index in [1.54, 1.807) is 74.4 Å². The van der Waals surface area contributed by atoms with Crippen molar-refractivity contribution in [2.24, 2.45) is 0 Å². The van der Waals surface area contributed by atoms with Gasteiger partial charge < -0.3 is 14.2 Å². The van der Waals surface area contributed by atoms with Crippen LogP contribution in [0, 0.1) is 6.92 Å². The molecule has 1 aromatic carbocycles. The highest BCUT2D eigenvalue weighted by Gasteiger charge is 2.37. The monoisotopic (exact) mass is 525 g/mol. The van der Waals surface area contributed by atoms with Crippen molar-refractivity contribution in [3.8, 4) is 0 Å². The fraction of sp³-hybridized carbons (Fsp3) is 0.565. The topological polar surface area (TPSA) is 100.0 Å². The minimum atomic E-state index is -0.981. The molecule has 10 heteroatoms. The van der Waals surface area contributed by atoms with Crippen molar-refractivity contribution < 1.29 is 28.6 Å². The van der Waals surface area contributed by atoms with Gasteiger partial charge in [-0.05, 0) is 103 Å². The van der Waals surface area contributed by atoms with Gasteiger partial charge in [0, 0.05) is 9.86 Å². The first-order valence-electron chi connectivity index (χ1n) is 10.5. The number of carbonyl (C=O) groups is 3. The average molecular weight is 526 g/mol. The van der Waals surface area contributed by atoms with Gasteiger partial charge in [0.1, 0.15) is 16.8 Å². The molecule has 9 nitrogen and oxygen atoms in total. The van der Waals surface area contributed by atoms with Gasteiger partial charge in [0.05, 0.1) is 5.52 Å². The SMILES string of the molecule is Cc1cc(Br)c2c(c1)c(N(C(=O)OC(C)(C)C)C(=O)OC(C)(C)C)nn2C(=O)OC(C)(C)C. The third kappa shape index (κ3) is 6.93. The molecule has 33 heavy (non-hydrogen) atoms. The van der Waals surface area contributed by atoms with E-state index in [4.69, 9.17) is 14.2 Å². The molecule has 0 aliphatic heterocycles. The molecule has 0 radical (unpaired) electrons. The van der Waals surface area contributed by atoms with E-state index in [0.717, 1.165) is 10.2 Å². The van der Waals surface area contributed by atoms with E-state index in [0.29, 0.717) is 20.3 Å². The van der Waals surface area contributed by atoms with E-state index < -0.39 is 35.1 Å². The van der Waals surface area contributed by atoms with Gasteiger partial charge in [-0.3, -0.25) is 0 Å². The number of carbonyl (C=O) groups excluding carboxylic acids is 3. The van der Waals surface area contributed by atoms with Gasteiger partial charge in [0.2, 0.25) is 0 Å². The largest absolute Gasteiger partial charge is 0.443 e. The van der Waals surface area contributed by atoms with Crippen LogP contribution in [0.4, 0.5) is 20.2 Å². The number of hydrogen-bond donors (Lipinski definition) is 0. The number of rotatable bonds is 1. The quantitative estimate of drug-likeness (QED) is 0.388. The van der Waals surface area contributed by atoms with E-state index >= 15 is 0 Å². The Hall–Kier alpha value is -2.62. The summed E-state index contributed by atoms with van der Waals surface area (Å²) in [7, 11) is 0. The van der Waals surface area contributed by atoms with Gasteiger partial charge >= 0.3 is 18.3 Å². The van der Waals surface area contributed by atoms with Gasteiger partial charge in [0.25, 0.3) is 0 Å². The number of anilines is 1. The summed E-state index contributed by atoms with van der Waals surface area (Å²) in [5.41, 5.74) is -1.42. The smallest absolute Gasteiger partial charge is 0.435 e. The fourth-order valence-corrected chi connectivity index (χ4v) is 3.53. The Balaban J connectivity index is 2.79. The summed E-state index contributed by atoms with van der Waals surface area (Å²) in [5, 5.41) is 4.68. The lowest BCUT2D eigenvalue weighted by Crippen LogP contribution is -2.44. The maximum atomic E-state index is 13.1. The van der Waals surface area contributed by atoms with Gasteiger partial charge in [0.15, 0.2) is 5.82 Å². The predicted octanol–water partition coefficient (Wildman–Crippen LogP) is 6.57. The third-order valence-electron chi connectivity index (χ3n) is 3.79. The number of imide groups is 1. The third-order valence-corrected chi connectivity index (χ3v) is 4.39. The molecule has 0 unspecified atom stereocenters. The first kappa shape index (κ1) is 26.6. The molecule has 2 aromatic rings. The Bertz CT molecular complexity index is 1060. The summed E-state index contributed by atoms with van der Waals surface area (Å²) in [5.74, 6) is -0.108. The number of aromatic nitrogens is 2. The normalized spacial score (nSPS) is 12.5. The number of aryl methyl sites for hydroxylation is 1. The van der Waals surface area contributed by atoms with Crippen LogP contribution in [0.1, 0.15) is 67.9 Å². The number of halogens is 1. The van der Waals surface area contributed by atoms with Gasteiger partial charge in [-0.1, -0.05) is 0 Å². The Morgan fingerprint density at radius 2 is 1.30 bits per heavy atom. The van der Waals surface area contributed by atoms with Crippen LogP contribution in [0.3, 0.4) is 0 Å². The van der Waals surface area contributed by atoms with Crippen molar-refractivity contribution in [3.63, 3.8) is 0 Å². The Labute approximate surface area is 202 Å². The summed E-state index contributed by atoms with van der Waals surface area (Å²) >= 11 is 3.46. The molecule has 0 spiro atoms. The molecule has 1 aromatic heterocycles. The predicted molar refractivity (Wildman–Crippen MR) is 129 cm³/mol. The summed E-state index contributed by atoms with van der Waals surface area (Å²) in [6.07, 6.45) is -2.73. The molecular formula is C23H32BrN3O6. The molecular weight excluding hydrogens is 494 g/mol. The second kappa shape index (κ2) is 8.96. The average Bonchev–Trinajstić information content (AvgIpc) is 2.89. The number of amides is 2. The van der Waals surface area contributed by atoms with Crippen LogP contribution in [0.5, 0.6) is 0 Å². The Kier molecular flexibility index (Phi) is 7.23. The number of ether oxygens (including phenoxy) is 3. The highest BCUT2D eigenvalue weighted by atomic mass is 79.9. The van der Waals surface area contributed by atoms with E-state index in [1.165, 1.54) is 0 Å². The van der Waals surface area contributed by atoms with Gasteiger partial charge in [-0.15, -0.1) is 5.10 Å². The lowest BCUT2D eigenvalue weighted by molar-refractivity contribution is 0.0421. The van der Waals surface area contributed by atoms with Crippen LogP contribution in [0.25, 0.3) is 10.9 Å². The van der Waals surface area contributed by atoms with Crippen molar-refractivity contribution in [2.75, 3.05) is 4.90 Å². The lowest BCUT2D eigenvalue weighted by Gasteiger charge is -2.27. The highest BCUT2D eigenvalue weighted by Crippen LogP contribution is 2.35. The van der Waals surface area contributed by atoms with Crippen molar-refractivity contribution in [3.05, 3.63) is 22.2 Å². The van der Waals surface area contributed by atoms with Crippen molar-refractivity contribution in [1.82, 2.24) is 9.78 Å². The molecule has 0 aliphatic rings. The summed E-state index contributed by atoms with van der Waals surface area (Å²) < 4.78 is 18.0. The molecule has 0 fully saturated rings. The highest BCUT2D eigenvalue weighted by molar-refractivity contribution is 9.10. The zero-order chi connectivity index (χ0) is 25.5. The summed E-state index contributed by atoms with van der Waals surface area (Å²) in [4.78, 5) is 39.9. The first-order valence-corrected chi connectivity index (χ1v) is 11.3. The van der Waals surface area contributed by atoms with Gasteiger partial charge in [-0.25, -0.2) is 14.4 Å². The van der Waals surface area contributed by atoms with Gasteiger partial charge in [-0.2, -0.15) is 9.58 Å². The Morgan fingerprint density at radius 3 is 1.73 bits per heavy atom. The van der Waals surface area contributed by atoms with Crippen LogP contribution in [-0.4, -0.2) is 44.9 Å². The second-order valence-corrected chi connectivity index (χ2v) is 11.5. The number of benzene rings is 1. The number of nitrogens with zero attached hydrogens (tertiary/aromatic N) is 3. The zero-order valence-corrected chi connectivity index (χ0v) is 22.4. The molecule has 1 heterocycles. The van der Waals surface area contributed by atoms with E-state index in [9.17, 15) is 14.4 Å². The van der Waals surface area contributed by atoms with E-state index in [2.05, 4.69) is 21.0 Å². The van der Waals surface area contributed by atoms with Crippen LogP contribution in [0.15, 0.2) is 16.6 Å². The summed E-state index contributed by atoms with van der Waals surface area (Å²) in [6, 6.07) is 3.50. The fourth-order valence-electron chi connectivity index (χ4n) is 2.78. The standard InChI is InChI=1S/C23H32BrN3O6/c1-13-11-14-16(15(24)12-13)27(20(30)33-23(8,9)10)25-17(14)26(18(28)31-21(2,3)4)19(29)32-22(5,6)7/h11-12H,1-10H3. The molecule has 182 valence electrons. The zero-order valence-electron chi connectivity index (χ0n) is 20.8. The number of fused-ring (bicyclic) bond motifs is 1. The maximum Gasteiger partial charge on any atom is 0.435 e. The molecule has 2 amide bonds. The van der Waals surface area contributed by atoms with Crippen molar-refractivity contribution >= 4 is 50.9 Å². The lowest BCUT2D eigenvalue weighted by atomic mass is 10.1. The van der Waals surface area contributed by atoms with Crippen molar-refractivity contribution in [1.29, 1.82) is 0 Å². The van der Waals surface area contributed by atoms with Crippen LogP contribution < -0.4 is 4.90 Å². The first-order chi connectivity index (χ1) is 14.8. The van der Waals surface area contributed by atoms with Crippen LogP contribution in [0.2, 0.25) is 0 Å². The summed E-state index contributed by atoms with van der Waals surface area (Å²) in [6.45, 7) is 17.1. The Morgan fingerprint density at radius 1 is 0.848 bits per heavy atom. The molecule has 0 bridgehead atoms. The van der Waals surface area contributed by atoms with E-state index in [1.807, 2.05) is 6.92 Å². The molecule has 0 saturated heterocycles. The van der Waals surface area contributed by atoms with Crippen molar-refractivity contribution in [2.45, 2.75) is 86.0 Å². The van der Waals surface area contributed by atoms with Crippen LogP contribution in [-0.2, 0) is 14.2 Å². The molecule has 0 atom stereocenters. The van der Waals surface area contributed by atoms with Crippen LogP contribution >= 0.6 is 15.9 Å². The minimum Gasteiger partial charge on any atom is -0.443 e.